The fourth-order valence-corrected chi connectivity index (χ4v) is 4.00. The number of rotatable bonds is 2. The summed E-state index contributed by atoms with van der Waals surface area (Å²) in [6.45, 7) is 3.03. The van der Waals surface area contributed by atoms with Crippen molar-refractivity contribution in [1.29, 1.82) is 0 Å². The van der Waals surface area contributed by atoms with Gasteiger partial charge in [-0.15, -0.1) is 6.61 Å². The molecular formula is C10H17HgNO3. The van der Waals surface area contributed by atoms with E-state index in [2.05, 4.69) is 0 Å². The van der Waals surface area contributed by atoms with Gasteiger partial charge in [-0.3, -0.25) is 0 Å². The number of carbonyl (C=O) groups excluding carboxylic acids is 1. The molecule has 1 aromatic carbocycles. The summed E-state index contributed by atoms with van der Waals surface area (Å²) in [6.07, 6.45) is 0. The number of benzene rings is 1. The van der Waals surface area contributed by atoms with E-state index in [4.69, 9.17) is 7.75 Å². The van der Waals surface area contributed by atoms with E-state index in [0.29, 0.717) is 0 Å². The van der Waals surface area contributed by atoms with Crippen molar-refractivity contribution < 1.29 is 37.6 Å². The normalized spacial score (nSPS) is 7.40. The minimum atomic E-state index is -1.52. The third-order valence-electron chi connectivity index (χ3n) is 1.28. The maximum atomic E-state index is 10.5. The topological polar surface area (TPSA) is 85.9 Å². The van der Waals surface area contributed by atoms with Crippen LogP contribution in [0.15, 0.2) is 30.3 Å². The van der Waals surface area contributed by atoms with Crippen LogP contribution >= 0.6 is 0 Å². The summed E-state index contributed by atoms with van der Waals surface area (Å²) in [6, 6.07) is 9.94. The average molecular weight is 400 g/mol. The van der Waals surface area contributed by atoms with Gasteiger partial charge < -0.3 is 11.3 Å². The molecule has 0 radical (unpaired) electrons. The zero-order valence-corrected chi connectivity index (χ0v) is 15.0. The summed E-state index contributed by atoms with van der Waals surface area (Å²) < 4.78 is 6.25. The van der Waals surface area contributed by atoms with Crippen molar-refractivity contribution in [3.8, 4) is 0 Å². The van der Waals surface area contributed by atoms with E-state index in [-0.39, 0.29) is 18.7 Å². The Morgan fingerprint density at radius 1 is 1.40 bits per heavy atom. The van der Waals surface area contributed by atoms with Crippen LogP contribution in [0.1, 0.15) is 13.8 Å². The molecule has 1 rings (SSSR count). The second-order valence-electron chi connectivity index (χ2n) is 2.55. The molecule has 4 N–H and O–H groups in total. The fourth-order valence-electron chi connectivity index (χ4n) is 0.759. The molecule has 0 spiro atoms. The molecule has 0 aliphatic heterocycles. The minimum absolute atomic E-state index is 0. The molecule has 82 valence electrons. The van der Waals surface area contributed by atoms with Gasteiger partial charge in [0.1, 0.15) is 0 Å². The molecule has 0 saturated heterocycles. The van der Waals surface area contributed by atoms with Gasteiger partial charge in [0.05, 0.1) is 0 Å². The fraction of sp³-hybridized carbons (Fsp3) is 0.300. The number of hydrogen-bond acceptors (Lipinski definition) is 3. The van der Waals surface area contributed by atoms with E-state index in [1.165, 1.54) is 10.00 Å². The third-order valence-corrected chi connectivity index (χ3v) is 6.55. The Morgan fingerprint density at radius 2 is 1.87 bits per heavy atom. The third kappa shape index (κ3) is 11.5. The van der Waals surface area contributed by atoms with E-state index in [9.17, 15) is 4.79 Å². The van der Waals surface area contributed by atoms with Crippen LogP contribution in [0.25, 0.3) is 0 Å². The van der Waals surface area contributed by atoms with Crippen LogP contribution in [0.5, 0.6) is 0 Å². The van der Waals surface area contributed by atoms with Gasteiger partial charge in [-0.05, 0) is 0 Å². The molecule has 4 nitrogen and oxygen atoms in total. The van der Waals surface area contributed by atoms with Gasteiger partial charge in [0.15, 0.2) is 0 Å². The Kier molecular flexibility index (Phi) is 13.1. The van der Waals surface area contributed by atoms with Gasteiger partial charge in [0.2, 0.25) is 0 Å². The first-order valence-electron chi connectivity index (χ1n) is 4.46. The van der Waals surface area contributed by atoms with Gasteiger partial charge in [-0.25, -0.2) is 0 Å². The second-order valence-corrected chi connectivity index (χ2v) is 7.97. The summed E-state index contributed by atoms with van der Waals surface area (Å²) in [7, 11) is 0. The Balaban J connectivity index is 0. The van der Waals surface area contributed by atoms with E-state index >= 15 is 0 Å². The first kappa shape index (κ1) is 17.0. The SMILES string of the molecule is CC(=O)[O][Hg][c]1ccccc1.CC[O-].[NH4+]. The van der Waals surface area contributed by atoms with Crippen molar-refractivity contribution in [2.75, 3.05) is 6.61 Å². The largest absolute Gasteiger partial charge is 0.855 e. The van der Waals surface area contributed by atoms with E-state index in [1.807, 2.05) is 30.3 Å². The molecule has 0 aromatic heterocycles. The van der Waals surface area contributed by atoms with Crippen LogP contribution in [0.3, 0.4) is 0 Å². The predicted octanol–water partition coefficient (Wildman–Crippen LogP) is 0.615. The first-order valence-corrected chi connectivity index (χ1v) is 9.45. The Labute approximate surface area is 103 Å². The molecule has 0 unspecified atom stereocenters. The van der Waals surface area contributed by atoms with Crippen molar-refractivity contribution in [2.45, 2.75) is 13.8 Å². The van der Waals surface area contributed by atoms with Crippen LogP contribution < -0.4 is 14.3 Å². The summed E-state index contributed by atoms with van der Waals surface area (Å²) in [4.78, 5) is 10.5. The van der Waals surface area contributed by atoms with Gasteiger partial charge in [-0.2, -0.15) is 0 Å². The minimum Gasteiger partial charge on any atom is -0.855 e. The molecule has 0 saturated carbocycles. The predicted molar refractivity (Wildman–Crippen MR) is 54.4 cm³/mol. The molecule has 0 aliphatic carbocycles. The van der Waals surface area contributed by atoms with Crippen LogP contribution in [0.2, 0.25) is 0 Å². The van der Waals surface area contributed by atoms with Crippen molar-refractivity contribution >= 4 is 9.04 Å². The molecular weight excluding hydrogens is 383 g/mol. The molecule has 0 atom stereocenters. The second kappa shape index (κ2) is 11.6. The zero-order chi connectivity index (χ0) is 10.8. The van der Waals surface area contributed by atoms with Gasteiger partial charge in [0.25, 0.3) is 0 Å². The first-order chi connectivity index (χ1) is 6.70. The quantitative estimate of drug-likeness (QED) is 0.739. The Bertz CT molecular complexity index is 254. The summed E-state index contributed by atoms with van der Waals surface area (Å²) in [5.41, 5.74) is 0. The summed E-state index contributed by atoms with van der Waals surface area (Å²) >= 11 is -1.52. The van der Waals surface area contributed by atoms with Crippen molar-refractivity contribution in [1.82, 2.24) is 6.15 Å². The summed E-state index contributed by atoms with van der Waals surface area (Å²) in [5, 5.41) is 8.93. The average Bonchev–Trinajstić information content (AvgIpc) is 2.18. The Hall–Kier alpha value is -0.455. The molecule has 0 heterocycles. The maximum Gasteiger partial charge on any atom is -0.0809 e. The number of hydrogen-bond donors (Lipinski definition) is 1. The van der Waals surface area contributed by atoms with Gasteiger partial charge in [-0.1, -0.05) is 6.92 Å². The van der Waals surface area contributed by atoms with Crippen molar-refractivity contribution in [3.05, 3.63) is 30.3 Å². The zero-order valence-electron chi connectivity index (χ0n) is 9.53. The van der Waals surface area contributed by atoms with Crippen LogP contribution in [-0.4, -0.2) is 12.6 Å². The van der Waals surface area contributed by atoms with Crippen molar-refractivity contribution in [3.63, 3.8) is 0 Å². The standard InChI is InChI=1S/C6H5.C2H4O2.C2H5O.Hg.H3N/c1-2-4-6-5-3-1;1-2(3)4;1-2-3;;/h1-5H;1H3,(H,3,4);2H2,1H3;;1H3/q;;-1;+1;. The van der Waals surface area contributed by atoms with Crippen molar-refractivity contribution in [2.24, 2.45) is 0 Å². The maximum absolute atomic E-state index is 10.5. The molecule has 1 aromatic rings. The number of carbonyl (C=O) groups is 1. The van der Waals surface area contributed by atoms with E-state index in [0.717, 1.165) is 0 Å². The molecule has 0 amide bonds. The Morgan fingerprint density at radius 3 is 2.27 bits per heavy atom. The van der Waals surface area contributed by atoms with Crippen LogP contribution in [0.4, 0.5) is 0 Å². The van der Waals surface area contributed by atoms with Crippen LogP contribution in [-0.2, 0) is 32.5 Å². The van der Waals surface area contributed by atoms with Crippen LogP contribution in [0, 0.1) is 0 Å². The van der Waals surface area contributed by atoms with Gasteiger partial charge >= 0.3 is 78.8 Å². The molecule has 5 heteroatoms. The molecule has 0 bridgehead atoms. The molecule has 0 fully saturated rings. The smallest absolute Gasteiger partial charge is 0.0809 e. The summed E-state index contributed by atoms with van der Waals surface area (Å²) in [5.74, 6) is -0.143. The molecule has 15 heavy (non-hydrogen) atoms. The monoisotopic (exact) mass is 401 g/mol. The van der Waals surface area contributed by atoms with Gasteiger partial charge in [0, 0.05) is 0 Å². The van der Waals surface area contributed by atoms with E-state index in [1.54, 1.807) is 6.92 Å². The molecule has 0 aliphatic rings. The van der Waals surface area contributed by atoms with E-state index < -0.39 is 25.0 Å². The number of quaternary nitrogens is 1.